The van der Waals surface area contributed by atoms with Gasteiger partial charge in [-0.15, -0.1) is 0 Å². The fourth-order valence-electron chi connectivity index (χ4n) is 1.66. The van der Waals surface area contributed by atoms with Crippen molar-refractivity contribution in [3.8, 4) is 0 Å². The van der Waals surface area contributed by atoms with Crippen LogP contribution in [-0.2, 0) is 22.3 Å². The number of aryl methyl sites for hydroxylation is 1. The second kappa shape index (κ2) is 6.53. The fraction of sp³-hybridized carbons (Fsp3) is 0.455. The van der Waals surface area contributed by atoms with Crippen LogP contribution < -0.4 is 11.3 Å². The van der Waals surface area contributed by atoms with Crippen molar-refractivity contribution in [1.82, 2.24) is 19.7 Å². The second-order valence-electron chi connectivity index (χ2n) is 4.02. The molecule has 108 valence electrons. The third kappa shape index (κ3) is 3.17. The van der Waals surface area contributed by atoms with Gasteiger partial charge in [0.15, 0.2) is 11.5 Å². The molecule has 0 aliphatic carbocycles. The summed E-state index contributed by atoms with van der Waals surface area (Å²) >= 11 is 1.56. The van der Waals surface area contributed by atoms with Gasteiger partial charge in [0.05, 0.1) is 30.9 Å². The number of fused-ring (bicyclic) bond motifs is 1. The maximum atomic E-state index is 11.0. The molecule has 0 bridgehead atoms. The summed E-state index contributed by atoms with van der Waals surface area (Å²) in [6.45, 7) is 0. The molecular formula is C11H16N6O2S. The number of carbonyl (C=O) groups is 1. The first-order valence-corrected chi connectivity index (χ1v) is 7.11. The number of nitrogens with zero attached hydrogens (tertiary/aromatic N) is 4. The van der Waals surface area contributed by atoms with Gasteiger partial charge in [0, 0.05) is 12.8 Å². The van der Waals surface area contributed by atoms with E-state index in [0.29, 0.717) is 29.6 Å². The van der Waals surface area contributed by atoms with Gasteiger partial charge in [-0.3, -0.25) is 9.48 Å². The van der Waals surface area contributed by atoms with Crippen LogP contribution in [-0.4, -0.2) is 38.6 Å². The molecular weight excluding hydrogens is 280 g/mol. The van der Waals surface area contributed by atoms with Crippen molar-refractivity contribution in [2.24, 2.45) is 12.9 Å². The van der Waals surface area contributed by atoms with E-state index >= 15 is 0 Å². The molecule has 0 aromatic carbocycles. The summed E-state index contributed by atoms with van der Waals surface area (Å²) in [6.07, 6.45) is 2.04. The van der Waals surface area contributed by atoms with Gasteiger partial charge in [0.1, 0.15) is 5.82 Å². The lowest BCUT2D eigenvalue weighted by Gasteiger charge is -2.05. The monoisotopic (exact) mass is 296 g/mol. The average Bonchev–Trinajstić information content (AvgIpc) is 2.84. The minimum absolute atomic E-state index is 0.218. The molecule has 0 saturated heterocycles. The molecule has 0 atom stereocenters. The van der Waals surface area contributed by atoms with Crippen LogP contribution in [0.1, 0.15) is 12.2 Å². The summed E-state index contributed by atoms with van der Waals surface area (Å²) in [5.74, 6) is 7.68. The molecule has 0 unspecified atom stereocenters. The zero-order valence-electron chi connectivity index (χ0n) is 11.3. The number of hydrogen-bond donors (Lipinski definition) is 2. The maximum Gasteiger partial charge on any atom is 0.306 e. The Morgan fingerprint density at radius 2 is 2.35 bits per heavy atom. The van der Waals surface area contributed by atoms with Crippen LogP contribution in [0.4, 0.5) is 5.82 Å². The zero-order chi connectivity index (χ0) is 14.5. The molecule has 0 amide bonds. The summed E-state index contributed by atoms with van der Waals surface area (Å²) in [4.78, 5) is 19.8. The van der Waals surface area contributed by atoms with Gasteiger partial charge in [0.25, 0.3) is 0 Å². The summed E-state index contributed by atoms with van der Waals surface area (Å²) in [5, 5.41) is 4.90. The van der Waals surface area contributed by atoms with E-state index < -0.39 is 0 Å². The highest BCUT2D eigenvalue weighted by Gasteiger charge is 2.11. The molecule has 9 heteroatoms. The number of anilines is 1. The zero-order valence-corrected chi connectivity index (χ0v) is 12.1. The van der Waals surface area contributed by atoms with E-state index in [2.05, 4.69) is 25.2 Å². The standard InChI is InChI=1S/C11H16N6O2S/c1-17-11-7(5-13-17)10(16-12)14-8(15-11)6-20-4-3-9(18)19-2/h5H,3-4,6,12H2,1-2H3,(H,14,15,16). The van der Waals surface area contributed by atoms with Gasteiger partial charge in [-0.05, 0) is 0 Å². The van der Waals surface area contributed by atoms with Crippen LogP contribution in [0.25, 0.3) is 11.0 Å². The normalized spacial score (nSPS) is 10.8. The number of hydrazine groups is 1. The Bertz CT molecular complexity index is 614. The highest BCUT2D eigenvalue weighted by atomic mass is 32.2. The summed E-state index contributed by atoms with van der Waals surface area (Å²) in [6, 6.07) is 0. The number of rotatable bonds is 6. The van der Waals surface area contributed by atoms with E-state index in [0.717, 1.165) is 11.0 Å². The summed E-state index contributed by atoms with van der Waals surface area (Å²) in [7, 11) is 3.19. The number of ether oxygens (including phenoxy) is 1. The Kier molecular flexibility index (Phi) is 4.74. The number of nitrogens with two attached hydrogens (primary N) is 1. The van der Waals surface area contributed by atoms with Gasteiger partial charge in [0.2, 0.25) is 0 Å². The van der Waals surface area contributed by atoms with Gasteiger partial charge in [-0.2, -0.15) is 16.9 Å². The lowest BCUT2D eigenvalue weighted by atomic mass is 10.4. The van der Waals surface area contributed by atoms with Crippen LogP contribution in [0.15, 0.2) is 6.20 Å². The molecule has 0 saturated carbocycles. The summed E-state index contributed by atoms with van der Waals surface area (Å²) < 4.78 is 6.25. The molecule has 2 aromatic heterocycles. The van der Waals surface area contributed by atoms with E-state index in [-0.39, 0.29) is 5.97 Å². The van der Waals surface area contributed by atoms with Gasteiger partial charge < -0.3 is 10.2 Å². The first kappa shape index (κ1) is 14.5. The Morgan fingerprint density at radius 3 is 3.05 bits per heavy atom. The third-order valence-corrected chi connectivity index (χ3v) is 3.64. The van der Waals surface area contributed by atoms with Gasteiger partial charge in [-0.1, -0.05) is 0 Å². The highest BCUT2D eigenvalue weighted by molar-refractivity contribution is 7.98. The molecule has 20 heavy (non-hydrogen) atoms. The average molecular weight is 296 g/mol. The van der Waals surface area contributed by atoms with E-state index in [1.54, 1.807) is 22.6 Å². The number of methoxy groups -OCH3 is 1. The molecule has 2 rings (SSSR count). The van der Waals surface area contributed by atoms with Gasteiger partial charge >= 0.3 is 5.97 Å². The van der Waals surface area contributed by atoms with E-state index in [9.17, 15) is 4.79 Å². The van der Waals surface area contributed by atoms with Crippen molar-refractivity contribution in [3.05, 3.63) is 12.0 Å². The number of thioether (sulfide) groups is 1. The largest absolute Gasteiger partial charge is 0.469 e. The van der Waals surface area contributed by atoms with Crippen molar-refractivity contribution in [2.75, 3.05) is 18.3 Å². The molecule has 2 aromatic rings. The lowest BCUT2D eigenvalue weighted by molar-refractivity contribution is -0.140. The Morgan fingerprint density at radius 1 is 1.55 bits per heavy atom. The van der Waals surface area contributed by atoms with Crippen LogP contribution >= 0.6 is 11.8 Å². The molecule has 0 fully saturated rings. The Balaban J connectivity index is 2.06. The van der Waals surface area contributed by atoms with Crippen LogP contribution in [0, 0.1) is 0 Å². The van der Waals surface area contributed by atoms with Crippen molar-refractivity contribution >= 4 is 34.6 Å². The maximum absolute atomic E-state index is 11.0. The molecule has 0 aliphatic rings. The molecule has 2 heterocycles. The van der Waals surface area contributed by atoms with Crippen LogP contribution in [0.2, 0.25) is 0 Å². The fourth-order valence-corrected chi connectivity index (χ4v) is 2.43. The second-order valence-corrected chi connectivity index (χ2v) is 5.12. The van der Waals surface area contributed by atoms with E-state index in [1.165, 1.54) is 7.11 Å². The highest BCUT2D eigenvalue weighted by Crippen LogP contribution is 2.20. The SMILES string of the molecule is COC(=O)CCSCc1nc(NN)c2cnn(C)c2n1. The molecule has 0 radical (unpaired) electrons. The number of carbonyl (C=O) groups excluding carboxylic acids is 1. The minimum Gasteiger partial charge on any atom is -0.469 e. The number of hydrogen-bond acceptors (Lipinski definition) is 8. The van der Waals surface area contributed by atoms with Crippen molar-refractivity contribution in [2.45, 2.75) is 12.2 Å². The smallest absolute Gasteiger partial charge is 0.306 e. The van der Waals surface area contributed by atoms with Gasteiger partial charge in [-0.25, -0.2) is 15.8 Å². The summed E-state index contributed by atoms with van der Waals surface area (Å²) in [5.41, 5.74) is 3.27. The van der Waals surface area contributed by atoms with Crippen LogP contribution in [0.5, 0.6) is 0 Å². The lowest BCUT2D eigenvalue weighted by Crippen LogP contribution is -2.11. The van der Waals surface area contributed by atoms with E-state index in [4.69, 9.17) is 5.84 Å². The first-order valence-electron chi connectivity index (χ1n) is 5.95. The molecule has 3 N–H and O–H groups in total. The molecule has 0 aliphatic heterocycles. The number of nitrogens with one attached hydrogen (secondary N) is 1. The van der Waals surface area contributed by atoms with Crippen molar-refractivity contribution in [3.63, 3.8) is 0 Å². The predicted molar refractivity (Wildman–Crippen MR) is 76.9 cm³/mol. The Hall–Kier alpha value is -1.87. The first-order chi connectivity index (χ1) is 9.65. The Labute approximate surface area is 120 Å². The van der Waals surface area contributed by atoms with E-state index in [1.807, 2.05) is 7.05 Å². The number of esters is 1. The number of nitrogen functional groups attached to an aromatic ring is 1. The minimum atomic E-state index is -0.218. The van der Waals surface area contributed by atoms with Crippen molar-refractivity contribution < 1.29 is 9.53 Å². The van der Waals surface area contributed by atoms with Crippen LogP contribution in [0.3, 0.4) is 0 Å². The van der Waals surface area contributed by atoms with Crippen molar-refractivity contribution in [1.29, 1.82) is 0 Å². The molecule has 8 nitrogen and oxygen atoms in total. The topological polar surface area (TPSA) is 108 Å². The quantitative estimate of drug-likeness (QED) is 0.342. The predicted octanol–water partition coefficient (Wildman–Crippen LogP) is 0.445. The molecule has 0 spiro atoms. The third-order valence-electron chi connectivity index (χ3n) is 2.68. The number of aromatic nitrogens is 4.